The highest BCUT2D eigenvalue weighted by Gasteiger charge is 2.12. The molecule has 0 aliphatic heterocycles. The minimum Gasteiger partial charge on any atom is -0.484 e. The number of carbonyl (C=O) groups is 2. The van der Waals surface area contributed by atoms with Crippen LogP contribution in [0.15, 0.2) is 96.1 Å². The van der Waals surface area contributed by atoms with Gasteiger partial charge in [-0.1, -0.05) is 62.4 Å². The van der Waals surface area contributed by atoms with Gasteiger partial charge in [0.2, 0.25) is 0 Å². The number of fused-ring (bicyclic) bond motifs is 1. The summed E-state index contributed by atoms with van der Waals surface area (Å²) in [5.41, 5.74) is 4.89. The second-order valence-electron chi connectivity index (χ2n) is 8.29. The second-order valence-corrected chi connectivity index (χ2v) is 8.29. The van der Waals surface area contributed by atoms with Crippen LogP contribution in [0.3, 0.4) is 0 Å². The molecule has 4 rings (SSSR count). The monoisotopic (exact) mass is 466 g/mol. The minimum atomic E-state index is -0.422. The van der Waals surface area contributed by atoms with Crippen molar-refractivity contribution in [3.63, 3.8) is 0 Å². The highest BCUT2D eigenvalue weighted by atomic mass is 16.5. The van der Waals surface area contributed by atoms with E-state index in [4.69, 9.17) is 9.47 Å². The number of hydrogen-bond donors (Lipinski definition) is 1. The Bertz CT molecular complexity index is 1340. The predicted octanol–water partition coefficient (Wildman–Crippen LogP) is 5.71. The molecule has 4 aromatic carbocycles. The van der Waals surface area contributed by atoms with Crippen LogP contribution in [0.2, 0.25) is 0 Å². The van der Waals surface area contributed by atoms with Crippen LogP contribution < -0.4 is 14.9 Å². The molecular formula is C29H26N2O4. The van der Waals surface area contributed by atoms with Gasteiger partial charge in [-0.15, -0.1) is 0 Å². The van der Waals surface area contributed by atoms with Crippen LogP contribution in [0.25, 0.3) is 10.8 Å². The maximum absolute atomic E-state index is 12.7. The molecular weight excluding hydrogens is 440 g/mol. The Morgan fingerprint density at radius 2 is 1.54 bits per heavy atom. The lowest BCUT2D eigenvalue weighted by Gasteiger charge is -2.08. The van der Waals surface area contributed by atoms with Crippen molar-refractivity contribution >= 4 is 28.9 Å². The number of ether oxygens (including phenoxy) is 2. The van der Waals surface area contributed by atoms with E-state index in [0.717, 1.165) is 16.3 Å². The van der Waals surface area contributed by atoms with Gasteiger partial charge in [-0.25, -0.2) is 10.2 Å². The van der Waals surface area contributed by atoms with E-state index in [0.29, 0.717) is 23.0 Å². The molecule has 35 heavy (non-hydrogen) atoms. The van der Waals surface area contributed by atoms with Crippen molar-refractivity contribution in [2.45, 2.75) is 19.8 Å². The van der Waals surface area contributed by atoms with Gasteiger partial charge in [-0.3, -0.25) is 4.79 Å². The summed E-state index contributed by atoms with van der Waals surface area (Å²) in [4.78, 5) is 24.6. The topological polar surface area (TPSA) is 77.0 Å². The molecule has 6 heteroatoms. The Morgan fingerprint density at radius 3 is 2.29 bits per heavy atom. The summed E-state index contributed by atoms with van der Waals surface area (Å²) in [6, 6.07) is 27.7. The summed E-state index contributed by atoms with van der Waals surface area (Å²) in [6.45, 7) is 4.10. The van der Waals surface area contributed by atoms with Crippen LogP contribution in [0.5, 0.6) is 11.5 Å². The molecule has 176 valence electrons. The van der Waals surface area contributed by atoms with Crippen molar-refractivity contribution in [1.29, 1.82) is 0 Å². The number of nitrogens with zero attached hydrogens (tertiary/aromatic N) is 1. The average Bonchev–Trinajstić information content (AvgIpc) is 2.88. The lowest BCUT2D eigenvalue weighted by atomic mass is 10.0. The molecule has 0 saturated carbocycles. The van der Waals surface area contributed by atoms with E-state index in [1.165, 1.54) is 11.8 Å². The molecule has 4 aromatic rings. The van der Waals surface area contributed by atoms with Gasteiger partial charge in [0.25, 0.3) is 5.91 Å². The fraction of sp³-hybridized carbons (Fsp3) is 0.138. The molecule has 0 unspecified atom stereocenters. The first kappa shape index (κ1) is 23.7. The van der Waals surface area contributed by atoms with Crippen molar-refractivity contribution in [1.82, 2.24) is 5.43 Å². The van der Waals surface area contributed by atoms with E-state index in [9.17, 15) is 9.59 Å². The molecule has 0 spiro atoms. The lowest BCUT2D eigenvalue weighted by Crippen LogP contribution is -2.24. The normalized spacial score (nSPS) is 11.1. The van der Waals surface area contributed by atoms with Crippen molar-refractivity contribution in [3.8, 4) is 11.5 Å². The molecule has 0 saturated heterocycles. The van der Waals surface area contributed by atoms with Crippen LogP contribution in [-0.2, 0) is 4.79 Å². The van der Waals surface area contributed by atoms with Crippen molar-refractivity contribution in [3.05, 3.63) is 108 Å². The quantitative estimate of drug-likeness (QED) is 0.156. The summed E-state index contributed by atoms with van der Waals surface area (Å²) in [5, 5.41) is 5.77. The first-order valence-electron chi connectivity index (χ1n) is 11.3. The van der Waals surface area contributed by atoms with Crippen LogP contribution in [0.1, 0.15) is 41.3 Å². The van der Waals surface area contributed by atoms with E-state index in [1.54, 1.807) is 30.3 Å². The van der Waals surface area contributed by atoms with Crippen LogP contribution in [0.4, 0.5) is 0 Å². The molecule has 0 fully saturated rings. The molecule has 0 atom stereocenters. The molecule has 1 amide bonds. The first-order valence-corrected chi connectivity index (χ1v) is 11.3. The number of rotatable bonds is 8. The van der Waals surface area contributed by atoms with E-state index in [-0.39, 0.29) is 12.5 Å². The van der Waals surface area contributed by atoms with Gasteiger partial charge in [0, 0.05) is 0 Å². The summed E-state index contributed by atoms with van der Waals surface area (Å²) < 4.78 is 11.0. The predicted molar refractivity (Wildman–Crippen MR) is 137 cm³/mol. The molecule has 0 heterocycles. The van der Waals surface area contributed by atoms with Gasteiger partial charge in [-0.05, 0) is 70.3 Å². The summed E-state index contributed by atoms with van der Waals surface area (Å²) in [7, 11) is 0. The number of hydrogen-bond acceptors (Lipinski definition) is 5. The third kappa shape index (κ3) is 6.32. The van der Waals surface area contributed by atoms with Crippen molar-refractivity contribution in [2.24, 2.45) is 5.10 Å². The van der Waals surface area contributed by atoms with Gasteiger partial charge < -0.3 is 9.47 Å². The van der Waals surface area contributed by atoms with Gasteiger partial charge in [0.05, 0.1) is 11.8 Å². The SMILES string of the molecule is CC(C)c1ccc(OCC(=O)NN=Cc2ccc(OC(=O)c3cccc4ccccc34)cc2)cc1. The third-order valence-corrected chi connectivity index (χ3v) is 5.42. The zero-order valence-corrected chi connectivity index (χ0v) is 19.6. The molecule has 0 bridgehead atoms. The second kappa shape index (κ2) is 11.1. The molecule has 0 aromatic heterocycles. The van der Waals surface area contributed by atoms with E-state index in [2.05, 4.69) is 24.4 Å². The molecule has 1 N–H and O–H groups in total. The lowest BCUT2D eigenvalue weighted by molar-refractivity contribution is -0.123. The fourth-order valence-electron chi connectivity index (χ4n) is 3.50. The number of hydrazone groups is 1. The zero-order chi connectivity index (χ0) is 24.6. The molecule has 0 aliphatic carbocycles. The number of carbonyl (C=O) groups excluding carboxylic acids is 2. The fourth-order valence-corrected chi connectivity index (χ4v) is 3.50. The highest BCUT2D eigenvalue weighted by Crippen LogP contribution is 2.21. The summed E-state index contributed by atoms with van der Waals surface area (Å²) in [5.74, 6) is 0.694. The van der Waals surface area contributed by atoms with Gasteiger partial charge in [0.1, 0.15) is 11.5 Å². The number of benzene rings is 4. The Morgan fingerprint density at radius 1 is 0.857 bits per heavy atom. The molecule has 6 nitrogen and oxygen atoms in total. The summed E-state index contributed by atoms with van der Waals surface area (Å²) in [6.07, 6.45) is 1.51. The highest BCUT2D eigenvalue weighted by molar-refractivity contribution is 6.05. The molecule has 0 radical (unpaired) electrons. The van der Waals surface area contributed by atoms with Crippen molar-refractivity contribution in [2.75, 3.05) is 6.61 Å². The van der Waals surface area contributed by atoms with Crippen LogP contribution in [0, 0.1) is 0 Å². The molecule has 0 aliphatic rings. The minimum absolute atomic E-state index is 0.137. The van der Waals surface area contributed by atoms with E-state index >= 15 is 0 Å². The Balaban J connectivity index is 1.27. The number of amides is 1. The smallest absolute Gasteiger partial charge is 0.344 e. The maximum Gasteiger partial charge on any atom is 0.344 e. The van der Waals surface area contributed by atoms with E-state index < -0.39 is 5.97 Å². The Hall–Kier alpha value is -4.45. The van der Waals surface area contributed by atoms with Gasteiger partial charge in [-0.2, -0.15) is 5.10 Å². The number of esters is 1. The average molecular weight is 467 g/mol. The first-order chi connectivity index (χ1) is 17.0. The third-order valence-electron chi connectivity index (χ3n) is 5.42. The van der Waals surface area contributed by atoms with Crippen LogP contribution >= 0.6 is 0 Å². The maximum atomic E-state index is 12.7. The summed E-state index contributed by atoms with van der Waals surface area (Å²) >= 11 is 0. The van der Waals surface area contributed by atoms with E-state index in [1.807, 2.05) is 60.7 Å². The van der Waals surface area contributed by atoms with Gasteiger partial charge in [0.15, 0.2) is 6.61 Å². The Kier molecular flexibility index (Phi) is 7.53. The largest absolute Gasteiger partial charge is 0.484 e. The standard InChI is InChI=1S/C29H26N2O4/c1-20(2)22-12-16-24(17-13-22)34-19-28(32)31-30-18-21-10-14-25(15-11-21)35-29(33)27-9-5-7-23-6-3-4-8-26(23)27/h3-18,20H,19H2,1-2H3,(H,31,32). The van der Waals surface area contributed by atoms with Crippen LogP contribution in [-0.4, -0.2) is 24.7 Å². The van der Waals surface area contributed by atoms with Gasteiger partial charge >= 0.3 is 5.97 Å². The number of nitrogens with one attached hydrogen (secondary N) is 1. The zero-order valence-electron chi connectivity index (χ0n) is 19.6. The van der Waals surface area contributed by atoms with Crippen molar-refractivity contribution < 1.29 is 19.1 Å². The Labute approximate surface area is 204 Å².